The molecular formula is C21H22N4O2. The smallest absolute Gasteiger partial charge is 0.231 e. The summed E-state index contributed by atoms with van der Waals surface area (Å²) in [4.78, 5) is 9.17. The maximum absolute atomic E-state index is 5.43. The van der Waals surface area contributed by atoms with Crippen LogP contribution < -0.4 is 20.1 Å². The molecule has 6 nitrogen and oxygen atoms in total. The maximum Gasteiger partial charge on any atom is 0.231 e. The van der Waals surface area contributed by atoms with Gasteiger partial charge in [-0.05, 0) is 43.5 Å². The lowest BCUT2D eigenvalue weighted by molar-refractivity contribution is 0.174. The second-order valence-corrected chi connectivity index (χ2v) is 6.50. The predicted octanol–water partition coefficient (Wildman–Crippen LogP) is 4.87. The average Bonchev–Trinajstić information content (AvgIpc) is 3.11. The fourth-order valence-electron chi connectivity index (χ4n) is 3.12. The lowest BCUT2D eigenvalue weighted by Gasteiger charge is -2.14. The van der Waals surface area contributed by atoms with Gasteiger partial charge in [-0.25, -0.2) is 4.98 Å². The van der Waals surface area contributed by atoms with Crippen LogP contribution in [0.3, 0.4) is 0 Å². The molecule has 4 rings (SSSR count). The van der Waals surface area contributed by atoms with Crippen LogP contribution in [0.25, 0.3) is 0 Å². The van der Waals surface area contributed by atoms with Crippen molar-refractivity contribution in [3.63, 3.8) is 0 Å². The topological polar surface area (TPSA) is 68.3 Å². The van der Waals surface area contributed by atoms with E-state index in [0.29, 0.717) is 5.95 Å². The van der Waals surface area contributed by atoms with Gasteiger partial charge in [-0.15, -0.1) is 0 Å². The van der Waals surface area contributed by atoms with Crippen molar-refractivity contribution in [3.05, 3.63) is 59.3 Å². The van der Waals surface area contributed by atoms with E-state index in [9.17, 15) is 0 Å². The molecule has 1 aromatic heterocycles. The molecule has 0 spiro atoms. The zero-order chi connectivity index (χ0) is 18.8. The van der Waals surface area contributed by atoms with Crippen molar-refractivity contribution in [1.29, 1.82) is 0 Å². The summed E-state index contributed by atoms with van der Waals surface area (Å²) in [5.41, 5.74) is 5.24. The molecule has 6 heteroatoms. The van der Waals surface area contributed by atoms with E-state index < -0.39 is 0 Å². The van der Waals surface area contributed by atoms with E-state index in [2.05, 4.69) is 52.6 Å². The molecule has 0 saturated heterocycles. The molecule has 2 aromatic carbocycles. The third-order valence-electron chi connectivity index (χ3n) is 4.48. The van der Waals surface area contributed by atoms with Crippen LogP contribution in [0.1, 0.15) is 23.7 Å². The van der Waals surface area contributed by atoms with E-state index in [0.717, 1.165) is 40.8 Å². The Balaban J connectivity index is 1.60. The Morgan fingerprint density at radius 2 is 1.81 bits per heavy atom. The number of benzene rings is 2. The molecule has 1 aliphatic heterocycles. The molecule has 0 bridgehead atoms. The third kappa shape index (κ3) is 3.65. The number of para-hydroxylation sites is 1. The summed E-state index contributed by atoms with van der Waals surface area (Å²) in [6.45, 7) is 6.44. The minimum atomic E-state index is 0.260. The van der Waals surface area contributed by atoms with E-state index in [-0.39, 0.29) is 6.79 Å². The number of rotatable bonds is 5. The molecule has 0 unspecified atom stereocenters. The number of aryl methyl sites for hydroxylation is 3. The highest BCUT2D eigenvalue weighted by molar-refractivity contribution is 5.66. The van der Waals surface area contributed by atoms with Gasteiger partial charge < -0.3 is 20.1 Å². The zero-order valence-electron chi connectivity index (χ0n) is 15.7. The molecule has 0 radical (unpaired) electrons. The molecule has 1 aliphatic rings. The summed E-state index contributed by atoms with van der Waals surface area (Å²) < 4.78 is 10.8. The van der Waals surface area contributed by atoms with Gasteiger partial charge in [0.2, 0.25) is 12.7 Å². The van der Waals surface area contributed by atoms with E-state index >= 15 is 0 Å². The van der Waals surface area contributed by atoms with Gasteiger partial charge in [-0.3, -0.25) is 0 Å². The number of hydrogen-bond acceptors (Lipinski definition) is 6. The monoisotopic (exact) mass is 362 g/mol. The molecule has 2 N–H and O–H groups in total. The van der Waals surface area contributed by atoms with Crippen molar-refractivity contribution in [1.82, 2.24) is 9.97 Å². The van der Waals surface area contributed by atoms with Gasteiger partial charge in [0.1, 0.15) is 5.82 Å². The molecule has 0 amide bonds. The highest BCUT2D eigenvalue weighted by Gasteiger charge is 2.14. The Hall–Kier alpha value is -3.28. The van der Waals surface area contributed by atoms with Crippen LogP contribution in [0.5, 0.6) is 11.5 Å². The highest BCUT2D eigenvalue weighted by atomic mass is 16.7. The number of nitrogens with one attached hydrogen (secondary N) is 2. The van der Waals surface area contributed by atoms with Gasteiger partial charge in [0, 0.05) is 29.2 Å². The molecular weight excluding hydrogens is 340 g/mol. The van der Waals surface area contributed by atoms with E-state index in [1.54, 1.807) is 0 Å². The Labute approximate surface area is 158 Å². The molecule has 0 fully saturated rings. The van der Waals surface area contributed by atoms with Gasteiger partial charge >= 0.3 is 0 Å². The van der Waals surface area contributed by atoms with E-state index in [1.165, 1.54) is 11.1 Å². The first-order valence-corrected chi connectivity index (χ1v) is 9.00. The minimum Gasteiger partial charge on any atom is -0.454 e. The first kappa shape index (κ1) is 17.1. The van der Waals surface area contributed by atoms with Crippen LogP contribution in [0.4, 0.5) is 23.1 Å². The summed E-state index contributed by atoms with van der Waals surface area (Å²) in [5.74, 6) is 2.78. The largest absolute Gasteiger partial charge is 0.454 e. The molecule has 0 saturated carbocycles. The van der Waals surface area contributed by atoms with Gasteiger partial charge in [0.25, 0.3) is 0 Å². The SMILES string of the molecule is CCc1cccc(C)c1Nc1nc(C)cc(Nc2ccc3c(c2)OCO3)n1. The number of nitrogens with zero attached hydrogens (tertiary/aromatic N) is 2. The van der Waals surface area contributed by atoms with Crippen molar-refractivity contribution in [3.8, 4) is 11.5 Å². The summed E-state index contributed by atoms with van der Waals surface area (Å²) in [5, 5.41) is 6.71. The van der Waals surface area contributed by atoms with E-state index in [1.807, 2.05) is 31.2 Å². The maximum atomic E-state index is 5.43. The predicted molar refractivity (Wildman–Crippen MR) is 106 cm³/mol. The standard InChI is InChI=1S/C21H22N4O2/c1-4-15-7-5-6-13(2)20(15)25-21-22-14(3)10-19(24-21)23-16-8-9-17-18(11-16)27-12-26-17/h5-11H,4,12H2,1-3H3,(H2,22,23,24,25). The summed E-state index contributed by atoms with van der Waals surface area (Å²) in [6.07, 6.45) is 0.943. The number of ether oxygens (including phenoxy) is 2. The Bertz CT molecular complexity index is 988. The number of hydrogen-bond donors (Lipinski definition) is 2. The fourth-order valence-corrected chi connectivity index (χ4v) is 3.12. The fraction of sp³-hybridized carbons (Fsp3) is 0.238. The molecule has 0 atom stereocenters. The van der Waals surface area contributed by atoms with Crippen LogP contribution in [-0.2, 0) is 6.42 Å². The molecule has 27 heavy (non-hydrogen) atoms. The Morgan fingerprint density at radius 3 is 2.67 bits per heavy atom. The van der Waals surface area contributed by atoms with Crippen molar-refractivity contribution in [2.75, 3.05) is 17.4 Å². The van der Waals surface area contributed by atoms with Crippen molar-refractivity contribution >= 4 is 23.1 Å². The molecule has 2 heterocycles. The second kappa shape index (κ2) is 7.15. The van der Waals surface area contributed by atoms with Crippen molar-refractivity contribution in [2.45, 2.75) is 27.2 Å². The zero-order valence-corrected chi connectivity index (χ0v) is 15.7. The minimum absolute atomic E-state index is 0.260. The Morgan fingerprint density at radius 1 is 0.963 bits per heavy atom. The van der Waals surface area contributed by atoms with Crippen molar-refractivity contribution in [2.24, 2.45) is 0 Å². The molecule has 3 aromatic rings. The van der Waals surface area contributed by atoms with Crippen molar-refractivity contribution < 1.29 is 9.47 Å². The number of fused-ring (bicyclic) bond motifs is 1. The van der Waals surface area contributed by atoms with E-state index in [4.69, 9.17) is 9.47 Å². The Kier molecular flexibility index (Phi) is 4.54. The average molecular weight is 362 g/mol. The third-order valence-corrected chi connectivity index (χ3v) is 4.48. The van der Waals surface area contributed by atoms with Gasteiger partial charge in [-0.2, -0.15) is 4.98 Å². The lowest BCUT2D eigenvalue weighted by atomic mass is 10.1. The van der Waals surface area contributed by atoms with Crippen LogP contribution >= 0.6 is 0 Å². The second-order valence-electron chi connectivity index (χ2n) is 6.50. The van der Waals surface area contributed by atoms with Gasteiger partial charge in [0.15, 0.2) is 11.5 Å². The first-order valence-electron chi connectivity index (χ1n) is 9.00. The lowest BCUT2D eigenvalue weighted by Crippen LogP contribution is -2.05. The van der Waals surface area contributed by atoms with Gasteiger partial charge in [0.05, 0.1) is 0 Å². The van der Waals surface area contributed by atoms with Crippen LogP contribution in [0, 0.1) is 13.8 Å². The summed E-state index contributed by atoms with van der Waals surface area (Å²) in [6, 6.07) is 13.9. The summed E-state index contributed by atoms with van der Waals surface area (Å²) in [7, 11) is 0. The van der Waals surface area contributed by atoms with Crippen LogP contribution in [0.2, 0.25) is 0 Å². The van der Waals surface area contributed by atoms with Crippen LogP contribution in [-0.4, -0.2) is 16.8 Å². The normalized spacial score (nSPS) is 12.1. The highest BCUT2D eigenvalue weighted by Crippen LogP contribution is 2.35. The van der Waals surface area contributed by atoms with Crippen LogP contribution in [0.15, 0.2) is 42.5 Å². The number of anilines is 4. The first-order chi connectivity index (χ1) is 13.1. The quantitative estimate of drug-likeness (QED) is 0.675. The van der Waals surface area contributed by atoms with Gasteiger partial charge in [-0.1, -0.05) is 25.1 Å². The molecule has 138 valence electrons. The number of aromatic nitrogens is 2. The summed E-state index contributed by atoms with van der Waals surface area (Å²) >= 11 is 0. The molecule has 0 aliphatic carbocycles.